The summed E-state index contributed by atoms with van der Waals surface area (Å²) < 4.78 is 0. The van der Waals surface area contributed by atoms with Crippen molar-refractivity contribution in [3.63, 3.8) is 0 Å². The minimum Gasteiger partial charge on any atom is -0.338 e. The van der Waals surface area contributed by atoms with Gasteiger partial charge in [0.15, 0.2) is 0 Å². The third kappa shape index (κ3) is 5.47. The number of hydrogen-bond donors (Lipinski definition) is 1. The van der Waals surface area contributed by atoms with Crippen LogP contribution in [0.4, 0.5) is 5.69 Å². The Kier molecular flexibility index (Phi) is 7.28. The minimum atomic E-state index is 0.0404. The SMILES string of the molecule is Cc1cccc(C)c1NC(=O)CN1CCN(CC(=O)N2CCC[C@H]3CCCC[C@H]32)CC1. The van der Waals surface area contributed by atoms with Crippen LogP contribution in [-0.2, 0) is 9.59 Å². The van der Waals surface area contributed by atoms with Gasteiger partial charge in [-0.2, -0.15) is 0 Å². The quantitative estimate of drug-likeness (QED) is 0.786. The molecular formula is C25H38N4O2. The summed E-state index contributed by atoms with van der Waals surface area (Å²) in [4.78, 5) is 32.3. The first kappa shape index (κ1) is 22.3. The predicted octanol–water partition coefficient (Wildman–Crippen LogP) is 3.04. The topological polar surface area (TPSA) is 55.9 Å². The van der Waals surface area contributed by atoms with E-state index in [1.54, 1.807) is 0 Å². The van der Waals surface area contributed by atoms with Gasteiger partial charge < -0.3 is 10.2 Å². The van der Waals surface area contributed by atoms with Crippen molar-refractivity contribution < 1.29 is 9.59 Å². The summed E-state index contributed by atoms with van der Waals surface area (Å²) in [7, 11) is 0. The summed E-state index contributed by atoms with van der Waals surface area (Å²) >= 11 is 0. The first-order valence-corrected chi connectivity index (χ1v) is 12.1. The van der Waals surface area contributed by atoms with Gasteiger partial charge in [0.05, 0.1) is 13.1 Å². The number of nitrogens with one attached hydrogen (secondary N) is 1. The Morgan fingerprint density at radius 2 is 1.48 bits per heavy atom. The number of piperidine rings is 1. The molecule has 2 amide bonds. The molecule has 2 heterocycles. The fourth-order valence-electron chi connectivity index (χ4n) is 5.72. The Morgan fingerprint density at radius 3 is 2.19 bits per heavy atom. The van der Waals surface area contributed by atoms with E-state index in [1.807, 2.05) is 32.0 Å². The largest absolute Gasteiger partial charge is 0.338 e. The molecule has 6 heteroatoms. The molecule has 3 aliphatic rings. The van der Waals surface area contributed by atoms with Crippen LogP contribution in [-0.4, -0.2) is 78.4 Å². The number of piperazine rings is 1. The van der Waals surface area contributed by atoms with E-state index in [0.29, 0.717) is 25.0 Å². The van der Waals surface area contributed by atoms with Gasteiger partial charge >= 0.3 is 0 Å². The van der Waals surface area contributed by atoms with Crippen LogP contribution in [0.25, 0.3) is 0 Å². The molecule has 0 unspecified atom stereocenters. The number of hydrogen-bond acceptors (Lipinski definition) is 4. The molecule has 3 fully saturated rings. The number of para-hydroxylation sites is 1. The number of fused-ring (bicyclic) bond motifs is 1. The molecule has 2 aliphatic heterocycles. The average Bonchev–Trinajstić information content (AvgIpc) is 2.77. The first-order chi connectivity index (χ1) is 15.0. The molecule has 0 radical (unpaired) electrons. The van der Waals surface area contributed by atoms with E-state index in [9.17, 15) is 9.59 Å². The highest BCUT2D eigenvalue weighted by Gasteiger charge is 2.36. The van der Waals surface area contributed by atoms with Crippen LogP contribution in [0, 0.1) is 19.8 Å². The van der Waals surface area contributed by atoms with Crippen LogP contribution in [0.5, 0.6) is 0 Å². The average molecular weight is 427 g/mol. The molecule has 2 saturated heterocycles. The highest BCUT2D eigenvalue weighted by molar-refractivity contribution is 5.93. The molecule has 6 nitrogen and oxygen atoms in total. The van der Waals surface area contributed by atoms with Crippen molar-refractivity contribution in [2.75, 3.05) is 51.1 Å². The van der Waals surface area contributed by atoms with Crippen LogP contribution in [0.1, 0.15) is 49.7 Å². The van der Waals surface area contributed by atoms with Crippen LogP contribution in [0.15, 0.2) is 18.2 Å². The van der Waals surface area contributed by atoms with Gasteiger partial charge in [-0.3, -0.25) is 19.4 Å². The number of amides is 2. The van der Waals surface area contributed by atoms with E-state index in [2.05, 4.69) is 20.0 Å². The van der Waals surface area contributed by atoms with Gasteiger partial charge in [-0.15, -0.1) is 0 Å². The Bertz CT molecular complexity index is 765. The molecule has 4 rings (SSSR count). The highest BCUT2D eigenvalue weighted by atomic mass is 16.2. The summed E-state index contributed by atoms with van der Waals surface area (Å²) in [6.07, 6.45) is 7.57. The highest BCUT2D eigenvalue weighted by Crippen LogP contribution is 2.35. The van der Waals surface area contributed by atoms with E-state index in [4.69, 9.17) is 0 Å². The molecule has 1 aromatic rings. The number of aryl methyl sites for hydroxylation is 2. The fourth-order valence-corrected chi connectivity index (χ4v) is 5.72. The first-order valence-electron chi connectivity index (χ1n) is 12.1. The molecule has 0 bridgehead atoms. The van der Waals surface area contributed by atoms with E-state index < -0.39 is 0 Å². The number of likely N-dealkylation sites (tertiary alicyclic amines) is 1. The van der Waals surface area contributed by atoms with Gasteiger partial charge in [0.1, 0.15) is 0 Å². The predicted molar refractivity (Wildman–Crippen MR) is 124 cm³/mol. The number of carbonyl (C=O) groups excluding carboxylic acids is 2. The second kappa shape index (κ2) is 10.1. The van der Waals surface area contributed by atoms with Gasteiger partial charge in [0.25, 0.3) is 0 Å². The second-order valence-corrected chi connectivity index (χ2v) is 9.71. The second-order valence-electron chi connectivity index (χ2n) is 9.71. The molecular weight excluding hydrogens is 388 g/mol. The van der Waals surface area contributed by atoms with Gasteiger partial charge in [-0.25, -0.2) is 0 Å². The van der Waals surface area contributed by atoms with Crippen LogP contribution >= 0.6 is 0 Å². The number of nitrogens with zero attached hydrogens (tertiary/aromatic N) is 3. The lowest BCUT2D eigenvalue weighted by atomic mass is 9.78. The van der Waals surface area contributed by atoms with Crippen molar-refractivity contribution in [3.05, 3.63) is 29.3 Å². The van der Waals surface area contributed by atoms with Crippen molar-refractivity contribution in [2.45, 2.75) is 58.4 Å². The Balaban J connectivity index is 1.22. The summed E-state index contributed by atoms with van der Waals surface area (Å²) in [5.41, 5.74) is 3.11. The Hall–Kier alpha value is -1.92. The molecule has 1 saturated carbocycles. The van der Waals surface area contributed by atoms with Crippen molar-refractivity contribution in [1.29, 1.82) is 0 Å². The van der Waals surface area contributed by atoms with E-state index in [1.165, 1.54) is 32.1 Å². The molecule has 1 aliphatic carbocycles. The van der Waals surface area contributed by atoms with E-state index in [0.717, 1.165) is 61.9 Å². The van der Waals surface area contributed by atoms with E-state index >= 15 is 0 Å². The lowest BCUT2D eigenvalue weighted by molar-refractivity contribution is -0.139. The molecule has 0 aromatic heterocycles. The molecule has 1 N–H and O–H groups in total. The van der Waals surface area contributed by atoms with Crippen molar-refractivity contribution in [3.8, 4) is 0 Å². The van der Waals surface area contributed by atoms with Crippen LogP contribution in [0.3, 0.4) is 0 Å². The van der Waals surface area contributed by atoms with Crippen LogP contribution < -0.4 is 5.32 Å². The molecule has 2 atom stereocenters. The smallest absolute Gasteiger partial charge is 0.238 e. The zero-order valence-corrected chi connectivity index (χ0v) is 19.2. The fraction of sp³-hybridized carbons (Fsp3) is 0.680. The summed E-state index contributed by atoms with van der Waals surface area (Å²) in [5, 5.41) is 3.08. The third-order valence-corrected chi connectivity index (χ3v) is 7.50. The Morgan fingerprint density at radius 1 is 0.871 bits per heavy atom. The molecule has 170 valence electrons. The lowest BCUT2D eigenvalue weighted by Gasteiger charge is -2.45. The van der Waals surface area contributed by atoms with Gasteiger partial charge in [0.2, 0.25) is 11.8 Å². The van der Waals surface area contributed by atoms with Gasteiger partial charge in [-0.05, 0) is 56.6 Å². The Labute approximate surface area is 187 Å². The van der Waals surface area contributed by atoms with Crippen molar-refractivity contribution in [1.82, 2.24) is 14.7 Å². The zero-order valence-electron chi connectivity index (χ0n) is 19.2. The number of anilines is 1. The maximum Gasteiger partial charge on any atom is 0.238 e. The number of carbonyl (C=O) groups is 2. The zero-order chi connectivity index (χ0) is 21.8. The summed E-state index contributed by atoms with van der Waals surface area (Å²) in [6.45, 7) is 9.30. The van der Waals surface area contributed by atoms with Gasteiger partial charge in [-0.1, -0.05) is 31.0 Å². The normalized spacial score (nSPS) is 25.2. The minimum absolute atomic E-state index is 0.0404. The van der Waals surface area contributed by atoms with Gasteiger partial charge in [0, 0.05) is 44.5 Å². The molecule has 1 aromatic carbocycles. The maximum absolute atomic E-state index is 13.1. The van der Waals surface area contributed by atoms with E-state index in [-0.39, 0.29) is 5.91 Å². The third-order valence-electron chi connectivity index (χ3n) is 7.50. The molecule has 31 heavy (non-hydrogen) atoms. The number of benzene rings is 1. The lowest BCUT2D eigenvalue weighted by Crippen LogP contribution is -2.55. The van der Waals surface area contributed by atoms with Crippen molar-refractivity contribution >= 4 is 17.5 Å². The maximum atomic E-state index is 13.1. The molecule has 0 spiro atoms. The standard InChI is InChI=1S/C25H38N4O2/c1-19-7-5-8-20(2)25(19)26-23(30)17-27-13-15-28(16-14-27)18-24(31)29-12-6-10-21-9-3-4-11-22(21)29/h5,7-8,21-22H,3-4,6,9-18H2,1-2H3,(H,26,30)/t21-,22-/m1/s1. The summed E-state index contributed by atoms with van der Waals surface area (Å²) in [5.74, 6) is 1.09. The monoisotopic (exact) mass is 426 g/mol. The van der Waals surface area contributed by atoms with Crippen LogP contribution in [0.2, 0.25) is 0 Å². The summed E-state index contributed by atoms with van der Waals surface area (Å²) in [6, 6.07) is 6.55. The van der Waals surface area contributed by atoms with Crippen molar-refractivity contribution in [2.24, 2.45) is 5.92 Å². The number of rotatable bonds is 5.